The van der Waals surface area contributed by atoms with Crippen molar-refractivity contribution in [3.63, 3.8) is 0 Å². The number of halogens is 3. The van der Waals surface area contributed by atoms with E-state index in [0.29, 0.717) is 11.4 Å². The molecule has 1 saturated heterocycles. The highest BCUT2D eigenvalue weighted by molar-refractivity contribution is 5.38. The van der Waals surface area contributed by atoms with Crippen molar-refractivity contribution in [2.75, 3.05) is 18.8 Å². The first-order valence-corrected chi connectivity index (χ1v) is 5.53. The molecule has 1 aromatic rings. The molecule has 0 aromatic carbocycles. The van der Waals surface area contributed by atoms with E-state index in [1.54, 1.807) is 12.1 Å². The lowest BCUT2D eigenvalue weighted by Crippen LogP contribution is -2.47. The number of hydrogen-bond donors (Lipinski definition) is 2. The second-order valence-corrected chi connectivity index (χ2v) is 4.54. The van der Waals surface area contributed by atoms with Crippen molar-refractivity contribution in [2.45, 2.75) is 24.7 Å². The van der Waals surface area contributed by atoms with Crippen molar-refractivity contribution in [2.24, 2.45) is 0 Å². The van der Waals surface area contributed by atoms with Gasteiger partial charge in [0.25, 0.3) is 0 Å². The van der Waals surface area contributed by atoms with Crippen LogP contribution in [0.3, 0.4) is 0 Å². The van der Waals surface area contributed by atoms with Gasteiger partial charge < -0.3 is 10.8 Å². The molecule has 0 bridgehead atoms. The molecule has 0 aliphatic carbocycles. The number of nitrogens with zero attached hydrogens (tertiary/aromatic N) is 2. The second-order valence-electron chi connectivity index (χ2n) is 4.54. The van der Waals surface area contributed by atoms with Gasteiger partial charge in [0.15, 0.2) is 5.60 Å². The molecule has 1 atom stereocenters. The highest BCUT2D eigenvalue weighted by Gasteiger charge is 2.56. The molecule has 7 heteroatoms. The van der Waals surface area contributed by atoms with E-state index in [0.717, 1.165) is 0 Å². The Hall–Kier alpha value is -1.34. The predicted octanol–water partition coefficient (Wildman–Crippen LogP) is 1.16. The lowest BCUT2D eigenvalue weighted by molar-refractivity contribution is -0.254. The molecule has 1 aliphatic heterocycles. The fourth-order valence-corrected chi connectivity index (χ4v) is 2.06. The molecular weight excluding hydrogens is 247 g/mol. The van der Waals surface area contributed by atoms with Crippen molar-refractivity contribution >= 4 is 5.82 Å². The van der Waals surface area contributed by atoms with Crippen LogP contribution < -0.4 is 5.73 Å². The minimum absolute atomic E-state index is 0.185. The Morgan fingerprint density at radius 1 is 1.50 bits per heavy atom. The quantitative estimate of drug-likeness (QED) is 0.838. The highest BCUT2D eigenvalue weighted by Crippen LogP contribution is 2.38. The van der Waals surface area contributed by atoms with Crippen LogP contribution in [0.25, 0.3) is 0 Å². The number of aliphatic hydroxyl groups is 1. The maximum absolute atomic E-state index is 12.6. The van der Waals surface area contributed by atoms with Crippen molar-refractivity contribution in [1.82, 2.24) is 9.88 Å². The number of pyridine rings is 1. The molecule has 0 amide bonds. The summed E-state index contributed by atoms with van der Waals surface area (Å²) in [5.74, 6) is 0.306. The van der Waals surface area contributed by atoms with Crippen LogP contribution in [-0.4, -0.2) is 39.9 Å². The van der Waals surface area contributed by atoms with Gasteiger partial charge in [0.2, 0.25) is 0 Å². The Balaban J connectivity index is 2.05. The molecule has 0 spiro atoms. The van der Waals surface area contributed by atoms with E-state index >= 15 is 0 Å². The topological polar surface area (TPSA) is 62.4 Å². The van der Waals surface area contributed by atoms with Crippen LogP contribution in [0.5, 0.6) is 0 Å². The van der Waals surface area contributed by atoms with E-state index < -0.39 is 18.3 Å². The minimum Gasteiger partial charge on any atom is -0.383 e. The van der Waals surface area contributed by atoms with E-state index in [1.807, 2.05) is 0 Å². The first kappa shape index (κ1) is 13.1. The molecule has 18 heavy (non-hydrogen) atoms. The summed E-state index contributed by atoms with van der Waals surface area (Å²) in [6.07, 6.45) is -3.38. The summed E-state index contributed by atoms with van der Waals surface area (Å²) in [7, 11) is 0. The average molecular weight is 261 g/mol. The summed E-state index contributed by atoms with van der Waals surface area (Å²) >= 11 is 0. The predicted molar refractivity (Wildman–Crippen MR) is 59.5 cm³/mol. The maximum Gasteiger partial charge on any atom is 0.418 e. The summed E-state index contributed by atoms with van der Waals surface area (Å²) < 4.78 is 37.9. The summed E-state index contributed by atoms with van der Waals surface area (Å²) in [4.78, 5) is 5.40. The normalized spacial score (nSPS) is 25.6. The van der Waals surface area contributed by atoms with Crippen LogP contribution in [0.1, 0.15) is 12.0 Å². The van der Waals surface area contributed by atoms with Crippen LogP contribution in [0.4, 0.5) is 19.0 Å². The molecule has 100 valence electrons. The second kappa shape index (κ2) is 4.40. The number of alkyl halides is 3. The Bertz CT molecular complexity index is 438. The Kier molecular flexibility index (Phi) is 3.20. The Labute approximate surface area is 102 Å². The molecule has 1 fully saturated rings. The third-order valence-corrected chi connectivity index (χ3v) is 3.17. The van der Waals surface area contributed by atoms with Crippen molar-refractivity contribution in [3.8, 4) is 0 Å². The number of anilines is 1. The average Bonchev–Trinajstić information content (AvgIpc) is 2.64. The molecular formula is C11H14F3N3O. The largest absolute Gasteiger partial charge is 0.418 e. The van der Waals surface area contributed by atoms with Gasteiger partial charge in [0, 0.05) is 31.4 Å². The number of aromatic nitrogens is 1. The zero-order valence-corrected chi connectivity index (χ0v) is 9.61. The van der Waals surface area contributed by atoms with E-state index in [1.165, 1.54) is 11.1 Å². The highest BCUT2D eigenvalue weighted by atomic mass is 19.4. The van der Waals surface area contributed by atoms with Gasteiger partial charge in [-0.2, -0.15) is 13.2 Å². The molecule has 0 radical (unpaired) electrons. The van der Waals surface area contributed by atoms with E-state index in [4.69, 9.17) is 5.73 Å². The number of hydrogen-bond acceptors (Lipinski definition) is 4. The smallest absolute Gasteiger partial charge is 0.383 e. The lowest BCUT2D eigenvalue weighted by atomic mass is 10.0. The molecule has 1 aliphatic rings. The van der Waals surface area contributed by atoms with E-state index in [9.17, 15) is 18.3 Å². The van der Waals surface area contributed by atoms with Gasteiger partial charge in [-0.25, -0.2) is 4.98 Å². The van der Waals surface area contributed by atoms with Gasteiger partial charge >= 0.3 is 6.18 Å². The van der Waals surface area contributed by atoms with Gasteiger partial charge in [0.05, 0.1) is 0 Å². The van der Waals surface area contributed by atoms with Crippen LogP contribution >= 0.6 is 0 Å². The Morgan fingerprint density at radius 3 is 2.78 bits per heavy atom. The molecule has 1 unspecified atom stereocenters. The van der Waals surface area contributed by atoms with Gasteiger partial charge in [-0.05, 0) is 12.5 Å². The fraction of sp³-hybridized carbons (Fsp3) is 0.545. The lowest BCUT2D eigenvalue weighted by Gasteiger charge is -2.26. The van der Waals surface area contributed by atoms with Crippen molar-refractivity contribution in [1.29, 1.82) is 0 Å². The summed E-state index contributed by atoms with van der Waals surface area (Å²) in [5, 5.41) is 9.53. The van der Waals surface area contributed by atoms with Crippen LogP contribution in [0.2, 0.25) is 0 Å². The van der Waals surface area contributed by atoms with Gasteiger partial charge in [-0.3, -0.25) is 4.90 Å². The minimum atomic E-state index is -4.60. The zero-order valence-electron chi connectivity index (χ0n) is 9.61. The number of β-amino-alcohol motifs (C(OH)–C–C–N with tert-alkyl or cyclic N) is 1. The number of likely N-dealkylation sites (tertiary alicyclic amines) is 1. The molecule has 2 heterocycles. The van der Waals surface area contributed by atoms with Crippen molar-refractivity contribution in [3.05, 3.63) is 23.9 Å². The van der Waals surface area contributed by atoms with Crippen LogP contribution in [-0.2, 0) is 6.54 Å². The number of rotatable bonds is 2. The molecule has 2 rings (SSSR count). The van der Waals surface area contributed by atoms with E-state index in [2.05, 4.69) is 4.98 Å². The number of nitrogen functional groups attached to an aromatic ring is 1. The van der Waals surface area contributed by atoms with E-state index in [-0.39, 0.29) is 19.5 Å². The van der Waals surface area contributed by atoms with Gasteiger partial charge in [0.1, 0.15) is 5.82 Å². The summed E-state index contributed by atoms with van der Waals surface area (Å²) in [5.41, 5.74) is 3.69. The SMILES string of the molecule is Nc1ncccc1CN1CCC(O)(C(F)(F)F)C1. The first-order chi connectivity index (χ1) is 8.32. The maximum atomic E-state index is 12.6. The third-order valence-electron chi connectivity index (χ3n) is 3.17. The molecule has 1 aromatic heterocycles. The van der Waals surface area contributed by atoms with Crippen LogP contribution in [0, 0.1) is 0 Å². The Morgan fingerprint density at radius 2 is 2.22 bits per heavy atom. The third kappa shape index (κ3) is 2.41. The summed E-state index contributed by atoms with van der Waals surface area (Å²) in [6, 6.07) is 3.39. The molecule has 0 saturated carbocycles. The zero-order chi connectivity index (χ0) is 13.4. The van der Waals surface area contributed by atoms with Gasteiger partial charge in [-0.1, -0.05) is 6.07 Å². The first-order valence-electron chi connectivity index (χ1n) is 5.53. The number of nitrogens with two attached hydrogens (primary N) is 1. The van der Waals surface area contributed by atoms with Crippen molar-refractivity contribution < 1.29 is 18.3 Å². The fourth-order valence-electron chi connectivity index (χ4n) is 2.06. The summed E-state index contributed by atoms with van der Waals surface area (Å²) in [6.45, 7) is 0.0211. The molecule has 4 nitrogen and oxygen atoms in total. The van der Waals surface area contributed by atoms with Gasteiger partial charge in [-0.15, -0.1) is 0 Å². The standard InChI is InChI=1S/C11H14F3N3O/c12-11(13,14)10(18)3-5-17(7-10)6-8-2-1-4-16-9(8)15/h1-2,4,18H,3,5-7H2,(H2,15,16). The molecule has 3 N–H and O–H groups in total. The monoisotopic (exact) mass is 261 g/mol. The van der Waals surface area contributed by atoms with Crippen LogP contribution in [0.15, 0.2) is 18.3 Å².